The Balaban J connectivity index is 2.21. The average molecular weight is 394 g/mol. The lowest BCUT2D eigenvalue weighted by molar-refractivity contribution is 0.0499. The third-order valence-electron chi connectivity index (χ3n) is 4.18. The van der Waals surface area contributed by atoms with Crippen LogP contribution < -0.4 is 10.9 Å². The van der Waals surface area contributed by atoms with Crippen LogP contribution in [0.2, 0.25) is 0 Å². The van der Waals surface area contributed by atoms with Gasteiger partial charge in [0.15, 0.2) is 0 Å². The monoisotopic (exact) mass is 394 g/mol. The van der Waals surface area contributed by atoms with Crippen molar-refractivity contribution in [3.05, 3.63) is 52.2 Å². The summed E-state index contributed by atoms with van der Waals surface area (Å²) >= 11 is 0. The number of aromatic nitrogens is 4. The first-order valence-electron chi connectivity index (χ1n) is 9.20. The van der Waals surface area contributed by atoms with Gasteiger partial charge in [0.25, 0.3) is 5.56 Å². The van der Waals surface area contributed by atoms with Crippen molar-refractivity contribution in [2.24, 2.45) is 0 Å². The summed E-state index contributed by atoms with van der Waals surface area (Å²) < 4.78 is 6.71. The second-order valence-corrected chi connectivity index (χ2v) is 7.47. The minimum absolute atomic E-state index is 0.280. The molecule has 9 heteroatoms. The molecule has 0 saturated heterocycles. The number of para-hydroxylation sites is 1. The zero-order valence-corrected chi connectivity index (χ0v) is 16.7. The van der Waals surface area contributed by atoms with Gasteiger partial charge >= 0.3 is 6.09 Å². The Labute approximate surface area is 167 Å². The molecule has 3 aromatic rings. The second kappa shape index (κ2) is 7.75. The van der Waals surface area contributed by atoms with E-state index in [1.165, 1.54) is 10.8 Å². The number of benzene rings is 1. The average Bonchev–Trinajstić information content (AvgIpc) is 3.18. The molecule has 9 nitrogen and oxygen atoms in total. The summed E-state index contributed by atoms with van der Waals surface area (Å²) in [7, 11) is 0. The Bertz CT molecular complexity index is 1140. The lowest BCUT2D eigenvalue weighted by Crippen LogP contribution is -2.37. The van der Waals surface area contributed by atoms with Gasteiger partial charge in [0.2, 0.25) is 0 Å². The number of fused-ring (bicyclic) bond motifs is 1. The van der Waals surface area contributed by atoms with Gasteiger partial charge in [-0.1, -0.05) is 13.0 Å². The van der Waals surface area contributed by atoms with Crippen LogP contribution in [-0.4, -0.2) is 31.4 Å². The van der Waals surface area contributed by atoms with Crippen molar-refractivity contribution < 1.29 is 9.53 Å². The van der Waals surface area contributed by atoms with Crippen molar-refractivity contribution in [2.75, 3.05) is 0 Å². The van der Waals surface area contributed by atoms with E-state index in [1.54, 1.807) is 45.0 Å². The van der Waals surface area contributed by atoms with E-state index in [2.05, 4.69) is 26.6 Å². The molecule has 0 aliphatic carbocycles. The molecule has 2 N–H and O–H groups in total. The number of alkyl carbamates (subject to hydrolysis) is 1. The fourth-order valence-corrected chi connectivity index (χ4v) is 2.95. The first kappa shape index (κ1) is 20.1. The number of hydrogen-bond donors (Lipinski definition) is 2. The predicted molar refractivity (Wildman–Crippen MR) is 107 cm³/mol. The summed E-state index contributed by atoms with van der Waals surface area (Å²) in [5.74, 6) is 0.689. The van der Waals surface area contributed by atoms with Crippen molar-refractivity contribution in [1.82, 2.24) is 25.1 Å². The van der Waals surface area contributed by atoms with Gasteiger partial charge in [-0.3, -0.25) is 9.89 Å². The molecular formula is C20H22N6O3. The highest BCUT2D eigenvalue weighted by Crippen LogP contribution is 2.22. The van der Waals surface area contributed by atoms with E-state index < -0.39 is 17.7 Å². The Hall–Kier alpha value is -3.67. The molecule has 1 atom stereocenters. The van der Waals surface area contributed by atoms with Gasteiger partial charge in [-0.25, -0.2) is 14.3 Å². The molecule has 0 fully saturated rings. The van der Waals surface area contributed by atoms with Gasteiger partial charge in [0, 0.05) is 6.07 Å². The highest BCUT2D eigenvalue weighted by atomic mass is 16.6. The van der Waals surface area contributed by atoms with Crippen molar-refractivity contribution in [1.29, 1.82) is 5.26 Å². The van der Waals surface area contributed by atoms with Crippen LogP contribution in [0, 0.1) is 11.3 Å². The molecule has 3 rings (SSSR count). The molecule has 0 bridgehead atoms. The lowest BCUT2D eigenvalue weighted by atomic mass is 10.1. The highest BCUT2D eigenvalue weighted by Gasteiger charge is 2.25. The number of H-pyrrole nitrogens is 1. The van der Waals surface area contributed by atoms with Gasteiger partial charge in [-0.15, -0.1) is 0 Å². The van der Waals surface area contributed by atoms with Crippen LogP contribution in [0.3, 0.4) is 0 Å². The first-order valence-corrected chi connectivity index (χ1v) is 9.20. The maximum Gasteiger partial charge on any atom is 0.408 e. The second-order valence-electron chi connectivity index (χ2n) is 7.47. The van der Waals surface area contributed by atoms with Gasteiger partial charge in [0.1, 0.15) is 23.3 Å². The SMILES string of the molecule is CCC(NC(=O)OC(C)(C)C)c1nc2c(C#N)cccc2c(=O)n1-c1ccn[nH]1. The summed E-state index contributed by atoms with van der Waals surface area (Å²) in [6.07, 6.45) is 1.34. The van der Waals surface area contributed by atoms with E-state index in [4.69, 9.17) is 4.74 Å². The summed E-state index contributed by atoms with van der Waals surface area (Å²) in [6.45, 7) is 7.15. The molecule has 2 aromatic heterocycles. The van der Waals surface area contributed by atoms with Crippen LogP contribution in [0.25, 0.3) is 16.7 Å². The number of aromatic amines is 1. The van der Waals surface area contributed by atoms with Gasteiger partial charge < -0.3 is 10.1 Å². The Morgan fingerprint density at radius 3 is 2.72 bits per heavy atom. The molecule has 0 aliphatic rings. The normalized spacial score (nSPS) is 12.4. The number of ether oxygens (including phenoxy) is 1. The number of nitriles is 1. The largest absolute Gasteiger partial charge is 0.444 e. The Morgan fingerprint density at radius 1 is 1.38 bits per heavy atom. The number of nitrogens with zero attached hydrogens (tertiary/aromatic N) is 4. The van der Waals surface area contributed by atoms with Gasteiger partial charge in [-0.05, 0) is 39.3 Å². The molecule has 1 unspecified atom stereocenters. The predicted octanol–water partition coefficient (Wildman–Crippen LogP) is 2.96. The van der Waals surface area contributed by atoms with Crippen LogP contribution >= 0.6 is 0 Å². The van der Waals surface area contributed by atoms with E-state index in [0.29, 0.717) is 17.6 Å². The topological polar surface area (TPSA) is 126 Å². The molecular weight excluding hydrogens is 372 g/mol. The molecule has 150 valence electrons. The molecule has 0 saturated carbocycles. The molecule has 0 aliphatic heterocycles. The molecule has 0 radical (unpaired) electrons. The lowest BCUT2D eigenvalue weighted by Gasteiger charge is -2.24. The van der Waals surface area contributed by atoms with E-state index in [1.807, 2.05) is 6.92 Å². The number of amides is 1. The standard InChI is InChI=1S/C20H22N6O3/c1-5-14(23-19(28)29-20(2,3)4)17-24-16-12(11-21)7-6-8-13(16)18(27)26(17)15-9-10-22-25-15/h6-10,14H,5H2,1-4H3,(H,22,25)(H,23,28). The zero-order valence-electron chi connectivity index (χ0n) is 16.7. The van der Waals surface area contributed by atoms with E-state index in [-0.39, 0.29) is 22.5 Å². The fraction of sp³-hybridized carbons (Fsp3) is 0.350. The van der Waals surface area contributed by atoms with Crippen molar-refractivity contribution in [2.45, 2.75) is 45.8 Å². The molecule has 0 spiro atoms. The summed E-state index contributed by atoms with van der Waals surface area (Å²) in [6, 6.07) is 7.92. The first-order chi connectivity index (χ1) is 13.7. The Kier molecular flexibility index (Phi) is 5.37. The zero-order chi connectivity index (χ0) is 21.2. The number of carbonyl (C=O) groups is 1. The molecule has 2 heterocycles. The molecule has 1 aromatic carbocycles. The molecule has 29 heavy (non-hydrogen) atoms. The summed E-state index contributed by atoms with van der Waals surface area (Å²) in [5.41, 5.74) is -0.466. The van der Waals surface area contributed by atoms with Crippen LogP contribution in [0.15, 0.2) is 35.3 Å². The third-order valence-corrected chi connectivity index (χ3v) is 4.18. The summed E-state index contributed by atoms with van der Waals surface area (Å²) in [4.78, 5) is 30.2. The minimum Gasteiger partial charge on any atom is -0.444 e. The molecule has 1 amide bonds. The van der Waals surface area contributed by atoms with E-state index in [0.717, 1.165) is 0 Å². The van der Waals surface area contributed by atoms with Gasteiger partial charge in [0.05, 0.1) is 28.7 Å². The van der Waals surface area contributed by atoms with Crippen molar-refractivity contribution >= 4 is 17.0 Å². The number of carbonyl (C=O) groups excluding carboxylic acids is 1. The number of rotatable bonds is 4. The van der Waals surface area contributed by atoms with Crippen LogP contribution in [0.5, 0.6) is 0 Å². The fourth-order valence-electron chi connectivity index (χ4n) is 2.95. The van der Waals surface area contributed by atoms with E-state index in [9.17, 15) is 14.9 Å². The van der Waals surface area contributed by atoms with E-state index >= 15 is 0 Å². The third kappa shape index (κ3) is 4.11. The maximum atomic E-state index is 13.3. The summed E-state index contributed by atoms with van der Waals surface area (Å²) in [5, 5.41) is 19.2. The van der Waals surface area contributed by atoms with Crippen molar-refractivity contribution in [3.63, 3.8) is 0 Å². The smallest absolute Gasteiger partial charge is 0.408 e. The van der Waals surface area contributed by atoms with Crippen LogP contribution in [-0.2, 0) is 4.74 Å². The van der Waals surface area contributed by atoms with Crippen molar-refractivity contribution in [3.8, 4) is 11.9 Å². The van der Waals surface area contributed by atoms with Gasteiger partial charge in [-0.2, -0.15) is 10.4 Å². The highest BCUT2D eigenvalue weighted by molar-refractivity contribution is 5.83. The number of hydrogen-bond acceptors (Lipinski definition) is 6. The minimum atomic E-state index is -0.670. The number of nitrogens with one attached hydrogen (secondary N) is 2. The van der Waals surface area contributed by atoms with Crippen LogP contribution in [0.1, 0.15) is 51.5 Å². The van der Waals surface area contributed by atoms with Crippen LogP contribution in [0.4, 0.5) is 4.79 Å². The maximum absolute atomic E-state index is 13.3. The Morgan fingerprint density at radius 2 is 2.14 bits per heavy atom. The quantitative estimate of drug-likeness (QED) is 0.701.